The Morgan fingerprint density at radius 2 is 1.27 bits per heavy atom. The lowest BCUT2D eigenvalue weighted by molar-refractivity contribution is -0.122. The maximum absolute atomic E-state index is 14.1. The van der Waals surface area contributed by atoms with Gasteiger partial charge in [0.05, 0.1) is 17.5 Å². The van der Waals surface area contributed by atoms with Crippen molar-refractivity contribution in [2.24, 2.45) is 11.8 Å². The molecule has 3 nitrogen and oxygen atoms in total. The first-order valence-electron chi connectivity index (χ1n) is 11.8. The van der Waals surface area contributed by atoms with E-state index in [-0.39, 0.29) is 35.5 Å². The molecule has 1 heterocycles. The van der Waals surface area contributed by atoms with Gasteiger partial charge in [-0.25, -0.2) is 4.90 Å². The highest BCUT2D eigenvalue weighted by Gasteiger charge is 2.61. The molecule has 4 aromatic rings. The van der Waals surface area contributed by atoms with E-state index in [9.17, 15) is 9.59 Å². The van der Waals surface area contributed by atoms with E-state index in [1.54, 1.807) is 0 Å². The van der Waals surface area contributed by atoms with Crippen LogP contribution < -0.4 is 4.90 Å². The number of anilines is 1. The number of nitrogens with zero attached hydrogens (tertiary/aromatic N) is 1. The van der Waals surface area contributed by atoms with Gasteiger partial charge in [0.25, 0.3) is 0 Å². The van der Waals surface area contributed by atoms with Crippen LogP contribution in [0.1, 0.15) is 46.6 Å². The van der Waals surface area contributed by atoms with Crippen molar-refractivity contribution in [1.82, 2.24) is 0 Å². The molecular formula is C30H23NO2. The van der Waals surface area contributed by atoms with E-state index in [2.05, 4.69) is 49.4 Å². The third kappa shape index (κ3) is 2.34. The maximum atomic E-state index is 14.1. The number of hydrogen-bond acceptors (Lipinski definition) is 2. The Balaban J connectivity index is 1.46. The van der Waals surface area contributed by atoms with Gasteiger partial charge in [0.15, 0.2) is 0 Å². The normalized spacial score (nSPS) is 24.7. The van der Waals surface area contributed by atoms with Gasteiger partial charge in [0, 0.05) is 17.2 Å². The van der Waals surface area contributed by atoms with E-state index in [1.807, 2.05) is 42.5 Å². The molecule has 1 fully saturated rings. The third-order valence-electron chi connectivity index (χ3n) is 8.02. The molecule has 0 aromatic heterocycles. The van der Waals surface area contributed by atoms with Crippen molar-refractivity contribution in [2.75, 3.05) is 4.90 Å². The lowest BCUT2D eigenvalue weighted by Crippen LogP contribution is -2.41. The molecule has 2 bridgehead atoms. The molecule has 0 N–H and O–H groups in total. The zero-order valence-corrected chi connectivity index (χ0v) is 18.4. The molecule has 4 atom stereocenters. The van der Waals surface area contributed by atoms with E-state index in [4.69, 9.17) is 0 Å². The van der Waals surface area contributed by atoms with Gasteiger partial charge < -0.3 is 0 Å². The molecule has 4 unspecified atom stereocenters. The highest BCUT2D eigenvalue weighted by atomic mass is 16.2. The Hall–Kier alpha value is -3.72. The first-order valence-corrected chi connectivity index (χ1v) is 11.8. The van der Waals surface area contributed by atoms with E-state index >= 15 is 0 Å². The summed E-state index contributed by atoms with van der Waals surface area (Å²) in [6, 6.07) is 28.9. The molecule has 3 heteroatoms. The molecule has 1 saturated heterocycles. The van der Waals surface area contributed by atoms with Crippen LogP contribution in [0.4, 0.5) is 5.69 Å². The van der Waals surface area contributed by atoms with Crippen molar-refractivity contribution >= 4 is 28.3 Å². The maximum Gasteiger partial charge on any atom is 0.238 e. The number of benzene rings is 4. The van der Waals surface area contributed by atoms with Gasteiger partial charge in [0.1, 0.15) is 0 Å². The van der Waals surface area contributed by atoms with Gasteiger partial charge in [0.2, 0.25) is 11.8 Å². The fraction of sp³-hybridized carbons (Fsp3) is 0.200. The van der Waals surface area contributed by atoms with Crippen LogP contribution in [-0.4, -0.2) is 11.8 Å². The number of carbonyl (C=O) groups excluding carboxylic acids is 2. The van der Waals surface area contributed by atoms with Crippen molar-refractivity contribution < 1.29 is 9.59 Å². The highest BCUT2D eigenvalue weighted by Crippen LogP contribution is 2.61. The van der Waals surface area contributed by atoms with Crippen molar-refractivity contribution in [2.45, 2.75) is 25.2 Å². The topological polar surface area (TPSA) is 37.4 Å². The minimum Gasteiger partial charge on any atom is -0.274 e. The molecule has 4 aromatic carbocycles. The standard InChI is InChI=1S/C30H23NO2/c1-2-17-14-15-22-23(16-17)26-21-12-6-5-11-20(21)25(22)27-28(26)30(33)31(29(27)32)24-13-7-9-18-8-3-4-10-19(18)24/h3-16,25-28H,2H2,1H3. The molecule has 0 radical (unpaired) electrons. The summed E-state index contributed by atoms with van der Waals surface area (Å²) in [6.07, 6.45) is 0.954. The van der Waals surface area contributed by atoms with Gasteiger partial charge in [-0.3, -0.25) is 9.59 Å². The summed E-state index contributed by atoms with van der Waals surface area (Å²) in [5, 5.41) is 1.98. The second-order valence-electron chi connectivity index (χ2n) is 9.46. The quantitative estimate of drug-likeness (QED) is 0.378. The van der Waals surface area contributed by atoms with Gasteiger partial charge in [-0.2, -0.15) is 0 Å². The number of carbonyl (C=O) groups is 2. The molecule has 0 saturated carbocycles. The smallest absolute Gasteiger partial charge is 0.238 e. The molecule has 3 aliphatic carbocycles. The molecule has 2 amide bonds. The summed E-state index contributed by atoms with van der Waals surface area (Å²) in [4.78, 5) is 29.6. The SMILES string of the molecule is CCc1ccc2c(c1)C1c3ccccc3C2C2C(=O)N(c3cccc4ccccc34)C(=O)C12. The molecular weight excluding hydrogens is 406 g/mol. The Morgan fingerprint density at radius 3 is 2.00 bits per heavy atom. The van der Waals surface area contributed by atoms with E-state index < -0.39 is 0 Å². The number of aryl methyl sites for hydroxylation is 1. The van der Waals surface area contributed by atoms with Crippen LogP contribution >= 0.6 is 0 Å². The minimum absolute atomic E-state index is 0.0570. The van der Waals surface area contributed by atoms with Gasteiger partial charge >= 0.3 is 0 Å². The van der Waals surface area contributed by atoms with Gasteiger partial charge in [-0.05, 0) is 45.7 Å². The van der Waals surface area contributed by atoms with Crippen LogP contribution in [0.15, 0.2) is 84.9 Å². The third-order valence-corrected chi connectivity index (χ3v) is 8.02. The number of hydrogen-bond donors (Lipinski definition) is 0. The van der Waals surface area contributed by atoms with Crippen LogP contribution in [-0.2, 0) is 16.0 Å². The van der Waals surface area contributed by atoms with Crippen molar-refractivity contribution in [3.05, 3.63) is 113 Å². The number of amides is 2. The van der Waals surface area contributed by atoms with Crippen LogP contribution in [0.3, 0.4) is 0 Å². The van der Waals surface area contributed by atoms with Crippen LogP contribution in [0.5, 0.6) is 0 Å². The zero-order valence-electron chi connectivity index (χ0n) is 18.4. The van der Waals surface area contributed by atoms with Crippen LogP contribution in [0.25, 0.3) is 10.8 Å². The second-order valence-corrected chi connectivity index (χ2v) is 9.46. The summed E-state index contributed by atoms with van der Waals surface area (Å²) in [5.41, 5.74) is 6.86. The van der Waals surface area contributed by atoms with Gasteiger partial charge in [-0.1, -0.05) is 85.8 Å². The largest absolute Gasteiger partial charge is 0.274 e. The average molecular weight is 430 g/mol. The fourth-order valence-electron chi connectivity index (χ4n) is 6.64. The lowest BCUT2D eigenvalue weighted by Gasteiger charge is -2.46. The van der Waals surface area contributed by atoms with Crippen molar-refractivity contribution in [3.8, 4) is 0 Å². The molecule has 0 spiro atoms. The summed E-state index contributed by atoms with van der Waals surface area (Å²) in [5.74, 6) is -0.968. The Kier molecular flexibility index (Phi) is 3.79. The second kappa shape index (κ2) is 6.64. The highest BCUT2D eigenvalue weighted by molar-refractivity contribution is 6.26. The van der Waals surface area contributed by atoms with Crippen molar-refractivity contribution in [3.63, 3.8) is 0 Å². The Bertz CT molecular complexity index is 1480. The van der Waals surface area contributed by atoms with Crippen molar-refractivity contribution in [1.29, 1.82) is 0 Å². The average Bonchev–Trinajstić information content (AvgIpc) is 3.13. The summed E-state index contributed by atoms with van der Waals surface area (Å²) >= 11 is 0. The zero-order chi connectivity index (χ0) is 22.3. The summed E-state index contributed by atoms with van der Waals surface area (Å²) < 4.78 is 0. The van der Waals surface area contributed by atoms with E-state index in [0.29, 0.717) is 5.69 Å². The summed E-state index contributed by atoms with van der Waals surface area (Å²) in [7, 11) is 0. The Morgan fingerprint density at radius 1 is 0.667 bits per heavy atom. The predicted octanol–water partition coefficient (Wildman–Crippen LogP) is 5.80. The lowest BCUT2D eigenvalue weighted by atomic mass is 9.55. The fourth-order valence-corrected chi connectivity index (χ4v) is 6.64. The molecule has 160 valence electrons. The number of imide groups is 1. The molecule has 4 aliphatic rings. The first-order chi connectivity index (χ1) is 16.2. The molecule has 33 heavy (non-hydrogen) atoms. The van der Waals surface area contributed by atoms with E-state index in [0.717, 1.165) is 17.2 Å². The monoisotopic (exact) mass is 429 g/mol. The number of fused-ring (bicyclic) bond motifs is 1. The minimum atomic E-state index is -0.351. The number of rotatable bonds is 2. The van der Waals surface area contributed by atoms with Crippen LogP contribution in [0.2, 0.25) is 0 Å². The predicted molar refractivity (Wildman–Crippen MR) is 129 cm³/mol. The molecule has 1 aliphatic heterocycles. The summed E-state index contributed by atoms with van der Waals surface area (Å²) in [6.45, 7) is 2.16. The van der Waals surface area contributed by atoms with E-state index in [1.165, 1.54) is 32.7 Å². The first kappa shape index (κ1) is 18.8. The van der Waals surface area contributed by atoms with Crippen LogP contribution in [0, 0.1) is 11.8 Å². The Labute approximate surface area is 192 Å². The molecule has 8 rings (SSSR count). The van der Waals surface area contributed by atoms with Gasteiger partial charge in [-0.15, -0.1) is 0 Å².